The molecule has 6 rings (SSSR count). The van der Waals surface area contributed by atoms with Gasteiger partial charge in [-0.15, -0.1) is 0 Å². The van der Waals surface area contributed by atoms with E-state index in [2.05, 4.69) is 20.3 Å². The van der Waals surface area contributed by atoms with Crippen molar-refractivity contribution >= 4 is 28.7 Å². The molecule has 0 aliphatic carbocycles. The normalized spacial score (nSPS) is 17.9. The molecule has 1 N–H and O–H groups in total. The first-order valence-electron chi connectivity index (χ1n) is 12.5. The van der Waals surface area contributed by atoms with E-state index in [-0.39, 0.29) is 17.8 Å². The minimum atomic E-state index is -2.79. The largest absolute Gasteiger partial charge is 0.378 e. The number of hydrogen-bond donors (Lipinski definition) is 1. The van der Waals surface area contributed by atoms with Crippen LogP contribution in [0.5, 0.6) is 0 Å². The Balaban J connectivity index is 1.33. The number of hydrogen-bond acceptors (Lipinski definition) is 8. The maximum Gasteiger partial charge on any atom is 0.296 e. The maximum absolute atomic E-state index is 14.1. The summed E-state index contributed by atoms with van der Waals surface area (Å²) in [5.74, 6) is 0.701. The molecule has 1 amide bonds. The molecular formula is C26H26F2N8O2. The monoisotopic (exact) mass is 520 g/mol. The highest BCUT2D eigenvalue weighted by Crippen LogP contribution is 2.29. The fraction of sp³-hybridized carbons (Fsp3) is 0.346. The van der Waals surface area contributed by atoms with Crippen LogP contribution in [0.4, 0.5) is 20.5 Å². The zero-order chi connectivity index (χ0) is 26.1. The van der Waals surface area contributed by atoms with E-state index in [1.54, 1.807) is 59.6 Å². The number of fused-ring (bicyclic) bond motifs is 1. The lowest BCUT2D eigenvalue weighted by Crippen LogP contribution is -2.37. The number of nitrogens with zero attached hydrogens (tertiary/aromatic N) is 7. The van der Waals surface area contributed by atoms with Gasteiger partial charge < -0.3 is 19.9 Å². The van der Waals surface area contributed by atoms with Crippen molar-refractivity contribution in [2.24, 2.45) is 0 Å². The molecule has 0 spiro atoms. The van der Waals surface area contributed by atoms with Gasteiger partial charge >= 0.3 is 0 Å². The lowest BCUT2D eigenvalue weighted by atomic mass is 10.3. The number of ether oxygens (including phenoxy) is 1. The number of morpholine rings is 1. The van der Waals surface area contributed by atoms with Gasteiger partial charge in [0.1, 0.15) is 17.3 Å². The molecular weight excluding hydrogens is 494 g/mol. The number of halogens is 2. The van der Waals surface area contributed by atoms with Crippen LogP contribution in [0.25, 0.3) is 16.9 Å². The molecule has 0 bridgehead atoms. The van der Waals surface area contributed by atoms with Gasteiger partial charge in [0.2, 0.25) is 5.95 Å². The number of rotatable bonds is 6. The van der Waals surface area contributed by atoms with E-state index in [1.807, 2.05) is 4.90 Å². The Morgan fingerprint density at radius 1 is 1.00 bits per heavy atom. The third-order valence-electron chi connectivity index (χ3n) is 6.74. The average molecular weight is 521 g/mol. The minimum Gasteiger partial charge on any atom is -0.378 e. The second kappa shape index (κ2) is 10.3. The van der Waals surface area contributed by atoms with Crippen LogP contribution in [0, 0.1) is 0 Å². The van der Waals surface area contributed by atoms with E-state index in [0.717, 1.165) is 0 Å². The van der Waals surface area contributed by atoms with Gasteiger partial charge in [0.05, 0.1) is 24.2 Å². The Hall–Kier alpha value is -4.19. The van der Waals surface area contributed by atoms with E-state index in [0.29, 0.717) is 80.1 Å². The van der Waals surface area contributed by atoms with Crippen LogP contribution >= 0.6 is 0 Å². The number of carbonyl (C=O) groups excluding carboxylic acids is 1. The molecule has 5 heterocycles. The molecule has 2 aliphatic rings. The number of likely N-dealkylation sites (tertiary alicyclic amines) is 1. The number of para-hydroxylation sites is 2. The van der Waals surface area contributed by atoms with Crippen LogP contribution in [-0.4, -0.2) is 80.7 Å². The second-order valence-electron chi connectivity index (χ2n) is 9.20. The Morgan fingerprint density at radius 2 is 1.79 bits per heavy atom. The summed E-state index contributed by atoms with van der Waals surface area (Å²) >= 11 is 0. The van der Waals surface area contributed by atoms with Gasteiger partial charge in [0, 0.05) is 44.5 Å². The third-order valence-corrected chi connectivity index (χ3v) is 6.74. The van der Waals surface area contributed by atoms with Crippen LogP contribution in [0.15, 0.2) is 54.7 Å². The molecule has 2 saturated heterocycles. The highest BCUT2D eigenvalue weighted by molar-refractivity contribution is 5.92. The topological polar surface area (TPSA) is 101 Å². The number of nitrogens with one attached hydrogen (secondary N) is 1. The molecule has 38 heavy (non-hydrogen) atoms. The van der Waals surface area contributed by atoms with Crippen molar-refractivity contribution < 1.29 is 18.3 Å². The van der Waals surface area contributed by atoms with E-state index >= 15 is 0 Å². The first-order valence-corrected chi connectivity index (χ1v) is 12.5. The maximum atomic E-state index is 14.1. The SMILES string of the molecule is O=C(c1ccccn1)N1CCC(Nc2nc(N3CCOCC3)cc(-n3c(C(F)F)nc4ccccc43)n2)C1. The minimum absolute atomic E-state index is 0.107. The first-order chi connectivity index (χ1) is 18.6. The summed E-state index contributed by atoms with van der Waals surface area (Å²) in [4.78, 5) is 34.3. The van der Waals surface area contributed by atoms with Crippen LogP contribution in [0.2, 0.25) is 0 Å². The molecule has 4 aromatic rings. The number of amides is 1. The van der Waals surface area contributed by atoms with E-state index < -0.39 is 6.43 Å². The number of anilines is 2. The van der Waals surface area contributed by atoms with E-state index in [1.165, 1.54) is 4.57 Å². The van der Waals surface area contributed by atoms with Crippen molar-refractivity contribution in [2.75, 3.05) is 49.6 Å². The van der Waals surface area contributed by atoms with Crippen molar-refractivity contribution in [1.82, 2.24) is 29.4 Å². The zero-order valence-corrected chi connectivity index (χ0v) is 20.5. The molecule has 0 saturated carbocycles. The van der Waals surface area contributed by atoms with Crippen molar-refractivity contribution in [2.45, 2.75) is 18.9 Å². The number of carbonyl (C=O) groups is 1. The molecule has 1 atom stereocenters. The molecule has 0 radical (unpaired) electrons. The van der Waals surface area contributed by atoms with Gasteiger partial charge in [-0.3, -0.25) is 14.3 Å². The molecule has 1 unspecified atom stereocenters. The predicted octanol–water partition coefficient (Wildman–Crippen LogP) is 3.31. The fourth-order valence-corrected chi connectivity index (χ4v) is 4.88. The fourth-order valence-electron chi connectivity index (χ4n) is 4.88. The molecule has 2 fully saturated rings. The molecule has 196 valence electrons. The summed E-state index contributed by atoms with van der Waals surface area (Å²) in [7, 11) is 0. The Kier molecular flexibility index (Phi) is 6.54. The van der Waals surface area contributed by atoms with Gasteiger partial charge in [-0.05, 0) is 30.7 Å². The lowest BCUT2D eigenvalue weighted by molar-refractivity contribution is 0.0785. The highest BCUT2D eigenvalue weighted by atomic mass is 19.3. The summed E-state index contributed by atoms with van der Waals surface area (Å²) in [5.41, 5.74) is 1.39. The summed E-state index contributed by atoms with van der Waals surface area (Å²) in [6.45, 7) is 3.35. The van der Waals surface area contributed by atoms with E-state index in [4.69, 9.17) is 9.72 Å². The first kappa shape index (κ1) is 24.2. The van der Waals surface area contributed by atoms with Crippen LogP contribution in [0.3, 0.4) is 0 Å². The van der Waals surface area contributed by atoms with Gasteiger partial charge in [0.15, 0.2) is 5.82 Å². The zero-order valence-electron chi connectivity index (χ0n) is 20.5. The van der Waals surface area contributed by atoms with Crippen LogP contribution in [-0.2, 0) is 4.74 Å². The highest BCUT2D eigenvalue weighted by Gasteiger charge is 2.29. The van der Waals surface area contributed by atoms with Crippen molar-refractivity contribution in [3.8, 4) is 5.82 Å². The molecule has 3 aromatic heterocycles. The predicted molar refractivity (Wildman–Crippen MR) is 137 cm³/mol. The van der Waals surface area contributed by atoms with Gasteiger partial charge in [-0.1, -0.05) is 18.2 Å². The quantitative estimate of drug-likeness (QED) is 0.413. The van der Waals surface area contributed by atoms with E-state index in [9.17, 15) is 13.6 Å². The summed E-state index contributed by atoms with van der Waals surface area (Å²) in [6.07, 6.45) is -0.504. The van der Waals surface area contributed by atoms with Crippen LogP contribution in [0.1, 0.15) is 29.2 Å². The average Bonchev–Trinajstić information content (AvgIpc) is 3.58. The lowest BCUT2D eigenvalue weighted by Gasteiger charge is -2.28. The Labute approximate surface area is 217 Å². The molecule has 12 heteroatoms. The summed E-state index contributed by atoms with van der Waals surface area (Å²) in [6, 6.07) is 13.8. The van der Waals surface area contributed by atoms with Crippen molar-refractivity contribution in [3.05, 3.63) is 66.2 Å². The van der Waals surface area contributed by atoms with Gasteiger partial charge in [-0.25, -0.2) is 13.8 Å². The number of pyridine rings is 1. The number of aromatic nitrogens is 5. The van der Waals surface area contributed by atoms with Crippen molar-refractivity contribution in [3.63, 3.8) is 0 Å². The Morgan fingerprint density at radius 3 is 2.58 bits per heavy atom. The van der Waals surface area contributed by atoms with Crippen LogP contribution < -0.4 is 10.2 Å². The standard InChI is InChI=1S/C26H26F2N8O2/c27-23(28)24-31-18-5-1-2-7-20(18)36(24)22-15-21(34-11-13-38-14-12-34)32-26(33-22)30-17-8-10-35(16-17)25(37)19-6-3-4-9-29-19/h1-7,9,15,17,23H,8,10-14,16H2,(H,30,32,33). The van der Waals surface area contributed by atoms with Gasteiger partial charge in [0.25, 0.3) is 12.3 Å². The smallest absolute Gasteiger partial charge is 0.296 e. The Bertz CT molecular complexity index is 1440. The van der Waals surface area contributed by atoms with Gasteiger partial charge in [-0.2, -0.15) is 9.97 Å². The number of benzene rings is 1. The third kappa shape index (κ3) is 4.74. The second-order valence-corrected chi connectivity index (χ2v) is 9.20. The summed E-state index contributed by atoms with van der Waals surface area (Å²) in [5, 5.41) is 3.34. The number of imidazole rings is 1. The molecule has 10 nitrogen and oxygen atoms in total. The number of alkyl halides is 2. The molecule has 2 aliphatic heterocycles. The van der Waals surface area contributed by atoms with Crippen molar-refractivity contribution in [1.29, 1.82) is 0 Å². The molecule has 1 aromatic carbocycles. The summed E-state index contributed by atoms with van der Waals surface area (Å²) < 4.78 is 35.0.